The van der Waals surface area contributed by atoms with E-state index < -0.39 is 0 Å². The first-order valence-corrected chi connectivity index (χ1v) is 6.71. The number of fused-ring (bicyclic) bond motifs is 1. The summed E-state index contributed by atoms with van der Waals surface area (Å²) in [6.07, 6.45) is 1.72. The highest BCUT2D eigenvalue weighted by Gasteiger charge is 2.19. The van der Waals surface area contributed by atoms with E-state index in [4.69, 9.17) is 0 Å². The summed E-state index contributed by atoms with van der Waals surface area (Å²) in [5.74, 6) is -0.806. The number of methoxy groups -OCH3 is 1. The molecule has 1 heterocycles. The molecule has 5 nitrogen and oxygen atoms in total. The number of aromatic nitrogens is 1. The van der Waals surface area contributed by atoms with E-state index >= 15 is 0 Å². The van der Waals surface area contributed by atoms with Crippen LogP contribution in [-0.4, -0.2) is 42.5 Å². The van der Waals surface area contributed by atoms with Crippen LogP contribution in [0.5, 0.6) is 0 Å². The van der Waals surface area contributed by atoms with Gasteiger partial charge in [-0.15, -0.1) is 0 Å². The SMILES string of the molecule is COC(=O)C(C)CN(C)C(=O)c1ccc2ncccc2c1. The molecule has 0 aliphatic carbocycles. The molecule has 0 N–H and O–H groups in total. The number of nitrogens with zero attached hydrogens (tertiary/aromatic N) is 2. The van der Waals surface area contributed by atoms with Gasteiger partial charge in [-0.2, -0.15) is 0 Å². The van der Waals surface area contributed by atoms with E-state index in [0.29, 0.717) is 12.1 Å². The molecule has 21 heavy (non-hydrogen) atoms. The normalized spacial score (nSPS) is 12.0. The van der Waals surface area contributed by atoms with E-state index in [1.54, 1.807) is 26.2 Å². The van der Waals surface area contributed by atoms with Crippen molar-refractivity contribution in [2.45, 2.75) is 6.92 Å². The third kappa shape index (κ3) is 3.37. The molecule has 110 valence electrons. The maximum atomic E-state index is 12.4. The molecule has 0 fully saturated rings. The fourth-order valence-electron chi connectivity index (χ4n) is 2.20. The lowest BCUT2D eigenvalue weighted by molar-refractivity contribution is -0.145. The van der Waals surface area contributed by atoms with E-state index in [1.807, 2.05) is 24.3 Å². The van der Waals surface area contributed by atoms with Gasteiger partial charge in [0.2, 0.25) is 0 Å². The maximum Gasteiger partial charge on any atom is 0.310 e. The number of hydrogen-bond donors (Lipinski definition) is 0. The molecule has 0 radical (unpaired) electrons. The lowest BCUT2D eigenvalue weighted by atomic mass is 10.1. The maximum absolute atomic E-state index is 12.4. The Kier molecular flexibility index (Phi) is 4.52. The molecule has 1 atom stereocenters. The molecule has 1 aromatic carbocycles. The Balaban J connectivity index is 2.15. The number of carbonyl (C=O) groups is 2. The lowest BCUT2D eigenvalue weighted by Crippen LogP contribution is -2.34. The van der Waals surface area contributed by atoms with Crippen molar-refractivity contribution in [1.82, 2.24) is 9.88 Å². The molecule has 5 heteroatoms. The smallest absolute Gasteiger partial charge is 0.310 e. The molecule has 0 saturated heterocycles. The van der Waals surface area contributed by atoms with Gasteiger partial charge < -0.3 is 9.64 Å². The largest absolute Gasteiger partial charge is 0.469 e. The van der Waals surface area contributed by atoms with Gasteiger partial charge in [0.1, 0.15) is 0 Å². The van der Waals surface area contributed by atoms with Crippen molar-refractivity contribution in [1.29, 1.82) is 0 Å². The molecule has 2 rings (SSSR count). The standard InChI is InChI=1S/C16H18N2O3/c1-11(16(20)21-3)10-18(2)15(19)13-6-7-14-12(9-13)5-4-8-17-14/h4-9,11H,10H2,1-3H3. The van der Waals surface area contributed by atoms with Crippen LogP contribution in [0.3, 0.4) is 0 Å². The molecule has 1 unspecified atom stereocenters. The molecule has 1 amide bonds. The quantitative estimate of drug-likeness (QED) is 0.808. The second-order valence-electron chi connectivity index (χ2n) is 5.02. The number of esters is 1. The van der Waals surface area contributed by atoms with E-state index in [9.17, 15) is 9.59 Å². The van der Waals surface area contributed by atoms with Gasteiger partial charge in [0.15, 0.2) is 0 Å². The van der Waals surface area contributed by atoms with Gasteiger partial charge >= 0.3 is 5.97 Å². The van der Waals surface area contributed by atoms with Crippen LogP contribution in [0.15, 0.2) is 36.5 Å². The summed E-state index contributed by atoms with van der Waals surface area (Å²) in [7, 11) is 3.02. The number of ether oxygens (including phenoxy) is 1. The van der Waals surface area contributed by atoms with Crippen molar-refractivity contribution in [3.63, 3.8) is 0 Å². The van der Waals surface area contributed by atoms with Crippen LogP contribution in [0.4, 0.5) is 0 Å². The minimum Gasteiger partial charge on any atom is -0.469 e. The third-order valence-electron chi connectivity index (χ3n) is 3.35. The fourth-order valence-corrected chi connectivity index (χ4v) is 2.20. The van der Waals surface area contributed by atoms with Crippen molar-refractivity contribution < 1.29 is 14.3 Å². The zero-order chi connectivity index (χ0) is 15.4. The van der Waals surface area contributed by atoms with Crippen LogP contribution in [0.25, 0.3) is 10.9 Å². The highest BCUT2D eigenvalue weighted by atomic mass is 16.5. The van der Waals surface area contributed by atoms with Crippen LogP contribution in [0.2, 0.25) is 0 Å². The van der Waals surface area contributed by atoms with Gasteiger partial charge in [-0.1, -0.05) is 13.0 Å². The summed E-state index contributed by atoms with van der Waals surface area (Å²) >= 11 is 0. The minimum absolute atomic E-state index is 0.128. The van der Waals surface area contributed by atoms with Gasteiger partial charge in [-0.25, -0.2) is 0 Å². The van der Waals surface area contributed by atoms with Crippen LogP contribution in [0, 0.1) is 5.92 Å². The second kappa shape index (κ2) is 6.35. The Morgan fingerprint density at radius 1 is 1.33 bits per heavy atom. The predicted molar refractivity (Wildman–Crippen MR) is 79.9 cm³/mol. The zero-order valence-corrected chi connectivity index (χ0v) is 12.4. The van der Waals surface area contributed by atoms with Gasteiger partial charge in [-0.05, 0) is 24.3 Å². The summed E-state index contributed by atoms with van der Waals surface area (Å²) < 4.78 is 4.67. The summed E-state index contributed by atoms with van der Waals surface area (Å²) in [5.41, 5.74) is 1.43. The van der Waals surface area contributed by atoms with Crippen molar-refractivity contribution in [2.24, 2.45) is 5.92 Å². The Bertz CT molecular complexity index is 669. The number of amides is 1. The first-order valence-electron chi connectivity index (χ1n) is 6.71. The summed E-state index contributed by atoms with van der Waals surface area (Å²) in [6.45, 7) is 2.05. The van der Waals surface area contributed by atoms with Gasteiger partial charge in [0.05, 0.1) is 18.5 Å². The lowest BCUT2D eigenvalue weighted by Gasteiger charge is -2.20. The van der Waals surface area contributed by atoms with Crippen molar-refractivity contribution in [3.8, 4) is 0 Å². The van der Waals surface area contributed by atoms with E-state index in [-0.39, 0.29) is 17.8 Å². The first-order chi connectivity index (χ1) is 10.0. The number of carbonyl (C=O) groups excluding carboxylic acids is 2. The Morgan fingerprint density at radius 2 is 2.10 bits per heavy atom. The molecule has 0 spiro atoms. The number of rotatable bonds is 4. The van der Waals surface area contributed by atoms with Crippen LogP contribution >= 0.6 is 0 Å². The van der Waals surface area contributed by atoms with Crippen LogP contribution in [-0.2, 0) is 9.53 Å². The molecule has 0 aliphatic heterocycles. The first kappa shape index (κ1) is 15.0. The minimum atomic E-state index is -0.355. The number of hydrogen-bond acceptors (Lipinski definition) is 4. The summed E-state index contributed by atoms with van der Waals surface area (Å²) in [6, 6.07) is 9.12. The average molecular weight is 286 g/mol. The fraction of sp³-hybridized carbons (Fsp3) is 0.312. The van der Waals surface area contributed by atoms with E-state index in [1.165, 1.54) is 12.0 Å². The molecule has 2 aromatic rings. The van der Waals surface area contributed by atoms with E-state index in [0.717, 1.165) is 10.9 Å². The highest BCUT2D eigenvalue weighted by Crippen LogP contribution is 2.15. The van der Waals surface area contributed by atoms with Gasteiger partial charge in [-0.3, -0.25) is 14.6 Å². The zero-order valence-electron chi connectivity index (χ0n) is 12.4. The van der Waals surface area contributed by atoms with Crippen molar-refractivity contribution >= 4 is 22.8 Å². The third-order valence-corrected chi connectivity index (χ3v) is 3.35. The van der Waals surface area contributed by atoms with Crippen molar-refractivity contribution in [3.05, 3.63) is 42.1 Å². The number of benzene rings is 1. The molecule has 0 aliphatic rings. The van der Waals surface area contributed by atoms with Gasteiger partial charge in [0.25, 0.3) is 5.91 Å². The monoisotopic (exact) mass is 286 g/mol. The molecular weight excluding hydrogens is 268 g/mol. The second-order valence-corrected chi connectivity index (χ2v) is 5.02. The molecular formula is C16H18N2O3. The van der Waals surface area contributed by atoms with Crippen molar-refractivity contribution in [2.75, 3.05) is 20.7 Å². The average Bonchev–Trinajstić information content (AvgIpc) is 2.52. The molecule has 0 saturated carbocycles. The molecule has 0 bridgehead atoms. The van der Waals surface area contributed by atoms with Crippen LogP contribution in [0.1, 0.15) is 17.3 Å². The Morgan fingerprint density at radius 3 is 2.81 bits per heavy atom. The van der Waals surface area contributed by atoms with E-state index in [2.05, 4.69) is 9.72 Å². The summed E-state index contributed by atoms with van der Waals surface area (Å²) in [4.78, 5) is 29.6. The predicted octanol–water partition coefficient (Wildman–Crippen LogP) is 2.12. The topological polar surface area (TPSA) is 59.5 Å². The molecule has 1 aromatic heterocycles. The van der Waals surface area contributed by atoms with Gasteiger partial charge in [0, 0.05) is 30.7 Å². The Labute approximate surface area is 123 Å². The summed E-state index contributed by atoms with van der Waals surface area (Å²) in [5, 5.41) is 0.915. The Hall–Kier alpha value is -2.43. The number of pyridine rings is 1. The highest BCUT2D eigenvalue weighted by molar-refractivity contribution is 5.97. The van der Waals surface area contributed by atoms with Crippen LogP contribution < -0.4 is 0 Å².